The summed E-state index contributed by atoms with van der Waals surface area (Å²) >= 11 is 0. The second kappa shape index (κ2) is 7.44. The molecule has 4 nitrogen and oxygen atoms in total. The molecule has 0 radical (unpaired) electrons. The van der Waals surface area contributed by atoms with Crippen LogP contribution in [0.2, 0.25) is 0 Å². The fraction of sp³-hybridized carbons (Fsp3) is 0.588. The number of hydrogen-bond donors (Lipinski definition) is 0. The first-order chi connectivity index (χ1) is 10.2. The third-order valence-corrected chi connectivity index (χ3v) is 4.44. The van der Waals surface area contributed by atoms with Crippen molar-refractivity contribution in [3.63, 3.8) is 0 Å². The molecule has 0 spiro atoms. The number of piperidine rings is 1. The molecule has 2 rings (SSSR count). The largest absolute Gasteiger partial charge is 0.495 e. The van der Waals surface area contributed by atoms with E-state index in [-0.39, 0.29) is 0 Å². The highest BCUT2D eigenvalue weighted by Crippen LogP contribution is 2.22. The minimum absolute atomic E-state index is 0.615. The van der Waals surface area contributed by atoms with Crippen molar-refractivity contribution in [2.75, 3.05) is 33.8 Å². The Hall–Kier alpha value is -1.57. The highest BCUT2D eigenvalue weighted by molar-refractivity contribution is 5.45. The zero-order chi connectivity index (χ0) is 15.2. The summed E-state index contributed by atoms with van der Waals surface area (Å²) in [5.41, 5.74) is 1.79. The first-order valence-electron chi connectivity index (χ1n) is 7.67. The zero-order valence-electron chi connectivity index (χ0n) is 13.3. The van der Waals surface area contributed by atoms with Crippen molar-refractivity contribution in [3.8, 4) is 11.8 Å². The fourth-order valence-corrected chi connectivity index (χ4v) is 3.03. The minimum Gasteiger partial charge on any atom is -0.495 e. The van der Waals surface area contributed by atoms with Gasteiger partial charge in [-0.05, 0) is 57.2 Å². The second-order valence-corrected chi connectivity index (χ2v) is 5.73. The quantitative estimate of drug-likeness (QED) is 0.834. The van der Waals surface area contributed by atoms with Gasteiger partial charge in [0.15, 0.2) is 0 Å². The zero-order valence-corrected chi connectivity index (χ0v) is 13.3. The smallest absolute Gasteiger partial charge is 0.136 e. The topological polar surface area (TPSA) is 39.5 Å². The molecule has 0 atom stereocenters. The molecule has 0 N–H and O–H groups in total. The summed E-state index contributed by atoms with van der Waals surface area (Å²) in [6.07, 6.45) is 2.46. The van der Waals surface area contributed by atoms with Crippen molar-refractivity contribution in [3.05, 3.63) is 29.3 Å². The fourth-order valence-electron chi connectivity index (χ4n) is 3.03. The van der Waals surface area contributed by atoms with E-state index in [1.807, 2.05) is 12.1 Å². The van der Waals surface area contributed by atoms with E-state index in [1.165, 1.54) is 31.5 Å². The first-order valence-corrected chi connectivity index (χ1v) is 7.67. The van der Waals surface area contributed by atoms with Gasteiger partial charge in [-0.2, -0.15) is 5.26 Å². The average Bonchev–Trinajstić information content (AvgIpc) is 2.54. The summed E-state index contributed by atoms with van der Waals surface area (Å²) < 4.78 is 5.20. The Kier molecular flexibility index (Phi) is 5.60. The predicted octanol–water partition coefficient (Wildman–Crippen LogP) is 2.48. The predicted molar refractivity (Wildman–Crippen MR) is 84.3 cm³/mol. The molecule has 1 saturated heterocycles. The number of benzene rings is 1. The third kappa shape index (κ3) is 3.96. The summed E-state index contributed by atoms with van der Waals surface area (Å²) in [6.45, 7) is 6.65. The lowest BCUT2D eigenvalue weighted by molar-refractivity contribution is 0.127. The van der Waals surface area contributed by atoms with Crippen LogP contribution in [-0.4, -0.2) is 49.6 Å². The molecule has 21 heavy (non-hydrogen) atoms. The van der Waals surface area contributed by atoms with E-state index < -0.39 is 0 Å². The molecule has 0 unspecified atom stereocenters. The van der Waals surface area contributed by atoms with Gasteiger partial charge in [0.2, 0.25) is 0 Å². The van der Waals surface area contributed by atoms with Crippen LogP contribution in [0.4, 0.5) is 0 Å². The van der Waals surface area contributed by atoms with Gasteiger partial charge in [0, 0.05) is 12.6 Å². The monoisotopic (exact) mass is 287 g/mol. The van der Waals surface area contributed by atoms with Crippen LogP contribution in [0, 0.1) is 11.3 Å². The standard InChI is InChI=1S/C17H25N3O/c1-4-20-9-7-16(8-10-20)19(2)13-14-5-6-17(21-3)15(11-14)12-18/h5-6,11,16H,4,7-10,13H2,1-3H3. The Morgan fingerprint density at radius 2 is 2.10 bits per heavy atom. The number of methoxy groups -OCH3 is 1. The summed E-state index contributed by atoms with van der Waals surface area (Å²) in [7, 11) is 3.78. The lowest BCUT2D eigenvalue weighted by Crippen LogP contribution is -2.42. The molecule has 1 heterocycles. The Morgan fingerprint density at radius 3 is 2.67 bits per heavy atom. The molecule has 114 valence electrons. The summed E-state index contributed by atoms with van der Waals surface area (Å²) in [5.74, 6) is 0.653. The lowest BCUT2D eigenvalue weighted by atomic mass is 10.0. The van der Waals surface area contributed by atoms with Crippen molar-refractivity contribution >= 4 is 0 Å². The molecular formula is C17H25N3O. The maximum absolute atomic E-state index is 9.16. The van der Waals surface area contributed by atoms with Crippen molar-refractivity contribution < 1.29 is 4.74 Å². The number of rotatable bonds is 5. The number of hydrogen-bond acceptors (Lipinski definition) is 4. The van der Waals surface area contributed by atoms with Gasteiger partial charge >= 0.3 is 0 Å². The summed E-state index contributed by atoms with van der Waals surface area (Å²) in [5, 5.41) is 9.16. The van der Waals surface area contributed by atoms with E-state index >= 15 is 0 Å². The summed E-state index contributed by atoms with van der Waals surface area (Å²) in [4.78, 5) is 4.92. The molecule has 0 bridgehead atoms. The van der Waals surface area contributed by atoms with Gasteiger partial charge in [-0.1, -0.05) is 13.0 Å². The lowest BCUT2D eigenvalue weighted by Gasteiger charge is -2.36. The molecule has 0 aromatic heterocycles. The highest BCUT2D eigenvalue weighted by Gasteiger charge is 2.21. The number of nitriles is 1. The van der Waals surface area contributed by atoms with Crippen molar-refractivity contribution in [2.45, 2.75) is 32.4 Å². The molecule has 0 saturated carbocycles. The van der Waals surface area contributed by atoms with Crippen LogP contribution in [0.25, 0.3) is 0 Å². The SMILES string of the molecule is CCN1CCC(N(C)Cc2ccc(OC)c(C#N)c2)CC1. The van der Waals surface area contributed by atoms with Crippen LogP contribution in [-0.2, 0) is 6.54 Å². The van der Waals surface area contributed by atoms with Gasteiger partial charge in [-0.25, -0.2) is 0 Å². The van der Waals surface area contributed by atoms with E-state index in [2.05, 4.69) is 35.9 Å². The van der Waals surface area contributed by atoms with Crippen molar-refractivity contribution in [2.24, 2.45) is 0 Å². The molecule has 1 aliphatic rings. The highest BCUT2D eigenvalue weighted by atomic mass is 16.5. The maximum atomic E-state index is 9.16. The number of likely N-dealkylation sites (tertiary alicyclic amines) is 1. The maximum Gasteiger partial charge on any atom is 0.136 e. The molecular weight excluding hydrogens is 262 g/mol. The van der Waals surface area contributed by atoms with Crippen molar-refractivity contribution in [1.29, 1.82) is 5.26 Å². The molecule has 1 aliphatic heterocycles. The van der Waals surface area contributed by atoms with E-state index in [0.29, 0.717) is 17.4 Å². The van der Waals surface area contributed by atoms with E-state index in [9.17, 15) is 0 Å². The molecule has 1 fully saturated rings. The Labute approximate surface area is 127 Å². The average molecular weight is 287 g/mol. The first kappa shape index (κ1) is 15.8. The Balaban J connectivity index is 1.97. The Bertz CT molecular complexity index is 501. The second-order valence-electron chi connectivity index (χ2n) is 5.73. The number of nitrogens with zero attached hydrogens (tertiary/aromatic N) is 3. The summed E-state index contributed by atoms with van der Waals surface area (Å²) in [6, 6.07) is 8.73. The minimum atomic E-state index is 0.615. The normalized spacial score (nSPS) is 16.9. The van der Waals surface area contributed by atoms with Gasteiger partial charge in [-0.3, -0.25) is 4.90 Å². The van der Waals surface area contributed by atoms with Crippen LogP contribution < -0.4 is 4.74 Å². The van der Waals surface area contributed by atoms with Gasteiger partial charge in [0.25, 0.3) is 0 Å². The molecule has 0 amide bonds. The number of ether oxygens (including phenoxy) is 1. The Morgan fingerprint density at radius 1 is 1.38 bits per heavy atom. The van der Waals surface area contributed by atoms with Crippen LogP contribution in [0.5, 0.6) is 5.75 Å². The molecule has 4 heteroatoms. The van der Waals surface area contributed by atoms with E-state index in [1.54, 1.807) is 7.11 Å². The molecule has 1 aromatic carbocycles. The van der Waals surface area contributed by atoms with Gasteiger partial charge in [0.1, 0.15) is 11.8 Å². The molecule has 0 aliphatic carbocycles. The van der Waals surface area contributed by atoms with E-state index in [4.69, 9.17) is 10.00 Å². The van der Waals surface area contributed by atoms with E-state index in [0.717, 1.165) is 13.1 Å². The van der Waals surface area contributed by atoms with Crippen LogP contribution in [0.1, 0.15) is 30.9 Å². The van der Waals surface area contributed by atoms with Crippen LogP contribution in [0.15, 0.2) is 18.2 Å². The third-order valence-electron chi connectivity index (χ3n) is 4.44. The van der Waals surface area contributed by atoms with Gasteiger partial charge < -0.3 is 9.64 Å². The van der Waals surface area contributed by atoms with Crippen molar-refractivity contribution in [1.82, 2.24) is 9.80 Å². The molecule has 1 aromatic rings. The van der Waals surface area contributed by atoms with Crippen LogP contribution in [0.3, 0.4) is 0 Å². The van der Waals surface area contributed by atoms with Crippen LogP contribution >= 0.6 is 0 Å². The van der Waals surface area contributed by atoms with Gasteiger partial charge in [-0.15, -0.1) is 0 Å². The van der Waals surface area contributed by atoms with Gasteiger partial charge in [0.05, 0.1) is 12.7 Å².